The summed E-state index contributed by atoms with van der Waals surface area (Å²) >= 11 is 0. The van der Waals surface area contributed by atoms with E-state index >= 15 is 0 Å². The minimum Gasteiger partial charge on any atom is -0.494 e. The standard InChI is InChI=1S/C19H20FN5O2/c1-27-16-8-12-14(9-13(16)20)21-6-4-15(12)25-7-5-11(10-2-3-10)17(25)18-22-19(26)24-23-18/h4,6,8-11,17H,2-3,5,7H2,1H3,(H2,22,23,24,26). The van der Waals surface area contributed by atoms with Crippen molar-refractivity contribution in [2.45, 2.75) is 25.3 Å². The first kappa shape index (κ1) is 16.3. The lowest BCUT2D eigenvalue weighted by molar-refractivity contribution is 0.387. The third kappa shape index (κ3) is 2.67. The third-order valence-corrected chi connectivity index (χ3v) is 5.77. The van der Waals surface area contributed by atoms with Crippen molar-refractivity contribution in [1.29, 1.82) is 0 Å². The molecule has 3 heterocycles. The van der Waals surface area contributed by atoms with Crippen LogP contribution in [0.2, 0.25) is 0 Å². The number of pyridine rings is 1. The molecule has 2 aliphatic rings. The summed E-state index contributed by atoms with van der Waals surface area (Å²) in [4.78, 5) is 21.1. The van der Waals surface area contributed by atoms with Gasteiger partial charge in [0.15, 0.2) is 17.4 Å². The molecule has 1 saturated carbocycles. The number of nitrogens with one attached hydrogen (secondary N) is 2. The summed E-state index contributed by atoms with van der Waals surface area (Å²) in [6.07, 6.45) is 5.17. The highest BCUT2D eigenvalue weighted by molar-refractivity contribution is 5.93. The average molecular weight is 369 g/mol. The molecule has 2 N–H and O–H groups in total. The Morgan fingerprint density at radius 1 is 1.30 bits per heavy atom. The summed E-state index contributed by atoms with van der Waals surface area (Å²) < 4.78 is 19.3. The maximum atomic E-state index is 14.1. The molecule has 27 heavy (non-hydrogen) atoms. The number of H-pyrrole nitrogens is 2. The summed E-state index contributed by atoms with van der Waals surface area (Å²) in [6, 6.07) is 5.02. The number of nitrogens with zero attached hydrogens (tertiary/aromatic N) is 3. The number of anilines is 1. The molecule has 0 radical (unpaired) electrons. The van der Waals surface area contributed by atoms with Gasteiger partial charge in [-0.05, 0) is 43.2 Å². The van der Waals surface area contributed by atoms with Crippen molar-refractivity contribution in [3.63, 3.8) is 0 Å². The third-order valence-electron chi connectivity index (χ3n) is 5.77. The molecule has 2 fully saturated rings. The second kappa shape index (κ2) is 6.07. The summed E-state index contributed by atoms with van der Waals surface area (Å²) in [5.41, 5.74) is 1.24. The number of benzene rings is 1. The molecule has 3 aromatic rings. The molecule has 1 saturated heterocycles. The van der Waals surface area contributed by atoms with Crippen LogP contribution in [0, 0.1) is 17.7 Å². The van der Waals surface area contributed by atoms with Crippen molar-refractivity contribution in [3.05, 3.63) is 46.5 Å². The van der Waals surface area contributed by atoms with E-state index in [1.165, 1.54) is 26.0 Å². The van der Waals surface area contributed by atoms with Gasteiger partial charge < -0.3 is 9.64 Å². The molecule has 140 valence electrons. The molecule has 1 aliphatic heterocycles. The van der Waals surface area contributed by atoms with E-state index in [0.29, 0.717) is 23.2 Å². The summed E-state index contributed by atoms with van der Waals surface area (Å²) in [5, 5.41) is 7.55. The topological polar surface area (TPSA) is 86.9 Å². The first-order chi connectivity index (χ1) is 13.2. The van der Waals surface area contributed by atoms with Crippen molar-refractivity contribution in [3.8, 4) is 5.75 Å². The van der Waals surface area contributed by atoms with E-state index in [2.05, 4.69) is 25.1 Å². The van der Waals surface area contributed by atoms with Gasteiger partial charge in [0, 0.05) is 29.9 Å². The first-order valence-corrected chi connectivity index (χ1v) is 9.19. The van der Waals surface area contributed by atoms with Crippen LogP contribution in [0.15, 0.2) is 29.2 Å². The fraction of sp³-hybridized carbons (Fsp3) is 0.421. The normalized spacial score (nSPS) is 22.5. The Balaban J connectivity index is 1.65. The zero-order valence-corrected chi connectivity index (χ0v) is 14.9. The zero-order valence-electron chi connectivity index (χ0n) is 14.9. The average Bonchev–Trinajstić information content (AvgIpc) is 3.28. The van der Waals surface area contributed by atoms with Crippen LogP contribution in [0.25, 0.3) is 10.9 Å². The Hall–Kier alpha value is -2.90. The van der Waals surface area contributed by atoms with Crippen molar-refractivity contribution in [1.82, 2.24) is 20.2 Å². The molecule has 1 aromatic carbocycles. The number of hydrogen-bond acceptors (Lipinski definition) is 5. The van der Waals surface area contributed by atoms with Crippen LogP contribution < -0.4 is 15.3 Å². The lowest BCUT2D eigenvalue weighted by Crippen LogP contribution is -2.27. The maximum Gasteiger partial charge on any atom is 0.340 e. The van der Waals surface area contributed by atoms with Crippen LogP contribution in [0.3, 0.4) is 0 Å². The van der Waals surface area contributed by atoms with Gasteiger partial charge in [0.2, 0.25) is 0 Å². The van der Waals surface area contributed by atoms with Crippen LogP contribution in [-0.2, 0) is 0 Å². The fourth-order valence-electron chi connectivity index (χ4n) is 4.42. The lowest BCUT2D eigenvalue weighted by atomic mass is 9.94. The van der Waals surface area contributed by atoms with E-state index in [1.807, 2.05) is 6.07 Å². The number of ether oxygens (including phenoxy) is 1. The van der Waals surface area contributed by atoms with Crippen LogP contribution in [0.5, 0.6) is 5.75 Å². The van der Waals surface area contributed by atoms with Crippen LogP contribution in [0.4, 0.5) is 10.1 Å². The van der Waals surface area contributed by atoms with Crippen molar-refractivity contribution in [2.75, 3.05) is 18.6 Å². The van der Waals surface area contributed by atoms with Crippen molar-refractivity contribution < 1.29 is 9.13 Å². The number of hydrogen-bond donors (Lipinski definition) is 2. The van der Waals surface area contributed by atoms with Crippen LogP contribution in [0.1, 0.15) is 31.1 Å². The van der Waals surface area contributed by atoms with E-state index in [-0.39, 0.29) is 17.5 Å². The van der Waals surface area contributed by atoms with Gasteiger partial charge in [0.1, 0.15) is 0 Å². The number of halogens is 1. The SMILES string of the molecule is COc1cc2c(N3CCC(C4CC4)C3c3n[nH]c(=O)[nH]3)ccnc2cc1F. The predicted octanol–water partition coefficient (Wildman–Crippen LogP) is 2.77. The lowest BCUT2D eigenvalue weighted by Gasteiger charge is -2.29. The molecule has 8 heteroatoms. The van der Waals surface area contributed by atoms with E-state index in [4.69, 9.17) is 4.74 Å². The molecular weight excluding hydrogens is 349 g/mol. The summed E-state index contributed by atoms with van der Waals surface area (Å²) in [5.74, 6) is 1.53. The number of aromatic amines is 2. The van der Waals surface area contributed by atoms with Gasteiger partial charge >= 0.3 is 5.69 Å². The summed E-state index contributed by atoms with van der Waals surface area (Å²) in [7, 11) is 1.45. The second-order valence-electron chi connectivity index (χ2n) is 7.33. The van der Waals surface area contributed by atoms with E-state index in [1.54, 1.807) is 12.3 Å². The molecule has 0 amide bonds. The van der Waals surface area contributed by atoms with Gasteiger partial charge in [-0.1, -0.05) is 0 Å². The van der Waals surface area contributed by atoms with Gasteiger partial charge in [0.25, 0.3) is 0 Å². The number of aromatic nitrogens is 4. The van der Waals surface area contributed by atoms with E-state index in [0.717, 1.165) is 24.0 Å². The van der Waals surface area contributed by atoms with Gasteiger partial charge in [-0.3, -0.25) is 9.97 Å². The van der Waals surface area contributed by atoms with Gasteiger partial charge in [-0.15, -0.1) is 0 Å². The molecule has 0 bridgehead atoms. The number of fused-ring (bicyclic) bond motifs is 1. The minimum atomic E-state index is -0.430. The Kier molecular flexibility index (Phi) is 3.66. The highest BCUT2D eigenvalue weighted by Crippen LogP contribution is 2.51. The Labute approximate surface area is 154 Å². The maximum absolute atomic E-state index is 14.1. The largest absolute Gasteiger partial charge is 0.494 e. The van der Waals surface area contributed by atoms with Crippen molar-refractivity contribution >= 4 is 16.6 Å². The Morgan fingerprint density at radius 3 is 2.85 bits per heavy atom. The van der Waals surface area contributed by atoms with Gasteiger partial charge in [-0.2, -0.15) is 5.10 Å². The van der Waals surface area contributed by atoms with Crippen LogP contribution >= 0.6 is 0 Å². The number of methoxy groups -OCH3 is 1. The fourth-order valence-corrected chi connectivity index (χ4v) is 4.42. The molecule has 2 aromatic heterocycles. The highest BCUT2D eigenvalue weighted by atomic mass is 19.1. The van der Waals surface area contributed by atoms with Crippen LogP contribution in [-0.4, -0.2) is 33.8 Å². The molecular formula is C19H20FN5O2. The number of rotatable bonds is 4. The quantitative estimate of drug-likeness (QED) is 0.738. The summed E-state index contributed by atoms with van der Waals surface area (Å²) in [6.45, 7) is 0.847. The molecule has 7 nitrogen and oxygen atoms in total. The zero-order chi connectivity index (χ0) is 18.5. The highest BCUT2D eigenvalue weighted by Gasteiger charge is 2.45. The monoisotopic (exact) mass is 369 g/mol. The molecule has 0 spiro atoms. The molecule has 2 unspecified atom stereocenters. The smallest absolute Gasteiger partial charge is 0.340 e. The van der Waals surface area contributed by atoms with E-state index < -0.39 is 5.82 Å². The second-order valence-corrected chi connectivity index (χ2v) is 7.33. The molecule has 1 aliphatic carbocycles. The Bertz CT molecular complexity index is 1060. The van der Waals surface area contributed by atoms with Crippen molar-refractivity contribution in [2.24, 2.45) is 11.8 Å². The Morgan fingerprint density at radius 2 is 2.15 bits per heavy atom. The minimum absolute atomic E-state index is 0.0157. The first-order valence-electron chi connectivity index (χ1n) is 9.19. The molecule has 5 rings (SSSR count). The van der Waals surface area contributed by atoms with Gasteiger partial charge in [-0.25, -0.2) is 14.3 Å². The van der Waals surface area contributed by atoms with Gasteiger partial charge in [0.05, 0.1) is 18.7 Å². The molecule has 2 atom stereocenters. The van der Waals surface area contributed by atoms with E-state index in [9.17, 15) is 9.18 Å². The predicted molar refractivity (Wildman–Crippen MR) is 98.4 cm³/mol.